The van der Waals surface area contributed by atoms with Crippen LogP contribution in [0.25, 0.3) is 10.8 Å². The Balaban J connectivity index is 1.34. The first-order chi connectivity index (χ1) is 34.1. The number of allylic oxidation sites excluding steroid dienone is 1. The van der Waals surface area contributed by atoms with Gasteiger partial charge in [-0.25, -0.2) is 4.79 Å². The maximum atomic E-state index is 15.3. The molecule has 0 bridgehead atoms. The maximum Gasteiger partial charge on any atom is 0.410 e. The molecule has 6 atom stereocenters. The molecule has 0 aromatic heterocycles. The summed E-state index contributed by atoms with van der Waals surface area (Å²) in [5, 5.41) is 27.3. The van der Waals surface area contributed by atoms with Gasteiger partial charge in [0.2, 0.25) is 5.79 Å². The minimum absolute atomic E-state index is 0.0968. The number of fused-ring (bicyclic) bond motifs is 3. The van der Waals surface area contributed by atoms with E-state index in [1.54, 1.807) is 6.08 Å². The Hall–Kier alpha value is -4.42. The van der Waals surface area contributed by atoms with Gasteiger partial charge in [0.15, 0.2) is 0 Å². The van der Waals surface area contributed by atoms with Gasteiger partial charge >= 0.3 is 6.09 Å². The summed E-state index contributed by atoms with van der Waals surface area (Å²) < 4.78 is 27.7. The number of nitrogens with zero attached hydrogens (tertiary/aromatic N) is 3. The van der Waals surface area contributed by atoms with Gasteiger partial charge in [0.1, 0.15) is 29.7 Å². The minimum Gasteiger partial charge on any atom is -0.492 e. The first-order valence-electron chi connectivity index (χ1n) is 27.1. The second-order valence-corrected chi connectivity index (χ2v) is 21.2. The molecule has 2 fully saturated rings. The van der Waals surface area contributed by atoms with Gasteiger partial charge in [0.25, 0.3) is 0 Å². The van der Waals surface area contributed by atoms with Crippen LogP contribution in [0.1, 0.15) is 154 Å². The molecule has 70 heavy (non-hydrogen) atoms. The van der Waals surface area contributed by atoms with Gasteiger partial charge in [-0.3, -0.25) is 9.80 Å². The Bertz CT molecular complexity index is 2180. The lowest BCUT2D eigenvalue weighted by atomic mass is 9.55. The second-order valence-electron chi connectivity index (χ2n) is 21.2. The molecule has 1 amide bonds. The van der Waals surface area contributed by atoms with Crippen molar-refractivity contribution in [1.82, 2.24) is 9.80 Å². The molecule has 2 N–H and O–H groups in total. The predicted molar refractivity (Wildman–Crippen MR) is 280 cm³/mol. The van der Waals surface area contributed by atoms with Crippen LogP contribution in [0.15, 0.2) is 90.1 Å². The Labute approximate surface area is 419 Å². The molecule has 0 radical (unpaired) electrons. The van der Waals surface area contributed by atoms with Crippen molar-refractivity contribution in [1.29, 1.82) is 0 Å². The van der Waals surface area contributed by atoms with Crippen molar-refractivity contribution in [2.45, 2.75) is 167 Å². The number of benzene rings is 3. The first-order valence-corrected chi connectivity index (χ1v) is 27.1. The van der Waals surface area contributed by atoms with Crippen LogP contribution in [0, 0.1) is 17.8 Å². The molecule has 3 aromatic carbocycles. The molecule has 11 nitrogen and oxygen atoms in total. The molecule has 2 heterocycles. The standard InChI is InChI=1S/C59H85N3O8/c1-6-8-9-10-11-12-13-14-15-22-38-67-57(65)62(43-46-27-23-26-44-24-16-17-28-48(44)46)54-42-52(60-70-58(3,4)5)50-40-45(25-18-20-35-63)49(29-19-21-36-64)55-51-41-47(66-39-34-61-32-33-61)30-31-53(51)69-59(54,56(50)55)68-37-7-2/h7,16-17,23-24,26-28,30-31,40-41,45,49,54-56,63-64H,2,6,8-15,18-22,25,29,32-39,42-43H2,1,3-5H3. The van der Waals surface area contributed by atoms with Crippen LogP contribution in [-0.2, 0) is 20.9 Å². The summed E-state index contributed by atoms with van der Waals surface area (Å²) in [6, 6.07) is 20.1. The molecule has 7 rings (SSSR count). The highest BCUT2D eigenvalue weighted by Gasteiger charge is 2.66. The van der Waals surface area contributed by atoms with Gasteiger partial charge in [-0.1, -0.05) is 137 Å². The highest BCUT2D eigenvalue weighted by molar-refractivity contribution is 6.03. The fourth-order valence-corrected chi connectivity index (χ4v) is 11.3. The molecule has 4 aliphatic rings. The predicted octanol–water partition coefficient (Wildman–Crippen LogP) is 12.5. The van der Waals surface area contributed by atoms with Crippen molar-refractivity contribution in [2.24, 2.45) is 22.9 Å². The van der Waals surface area contributed by atoms with Crippen LogP contribution in [0.3, 0.4) is 0 Å². The van der Waals surface area contributed by atoms with E-state index in [1.807, 2.05) is 49.9 Å². The second kappa shape index (κ2) is 26.3. The summed E-state index contributed by atoms with van der Waals surface area (Å²) >= 11 is 0. The number of rotatable bonds is 30. The minimum atomic E-state index is -1.41. The van der Waals surface area contributed by atoms with E-state index >= 15 is 4.79 Å². The molecular formula is C59H85N3O8. The molecule has 1 saturated heterocycles. The Morgan fingerprint density at radius 2 is 1.60 bits per heavy atom. The Morgan fingerprint density at radius 3 is 2.31 bits per heavy atom. The van der Waals surface area contributed by atoms with Crippen LogP contribution >= 0.6 is 0 Å². The van der Waals surface area contributed by atoms with E-state index in [0.29, 0.717) is 31.8 Å². The molecule has 2 aliphatic carbocycles. The number of unbranched alkanes of at least 4 members (excludes halogenated alkanes) is 11. The Morgan fingerprint density at radius 1 is 0.886 bits per heavy atom. The fraction of sp³-hybridized carbons (Fsp3) is 0.627. The summed E-state index contributed by atoms with van der Waals surface area (Å²) in [6.07, 6.45) is 20.7. The lowest BCUT2D eigenvalue weighted by Crippen LogP contribution is -2.70. The average molecular weight is 964 g/mol. The monoisotopic (exact) mass is 964 g/mol. The number of hydrogen-bond acceptors (Lipinski definition) is 10. The molecule has 3 aromatic rings. The first kappa shape index (κ1) is 53.4. The van der Waals surface area contributed by atoms with Gasteiger partial charge in [-0.2, -0.15) is 0 Å². The van der Waals surface area contributed by atoms with E-state index in [2.05, 4.69) is 60.9 Å². The average Bonchev–Trinajstić information content (AvgIpc) is 4.19. The smallest absolute Gasteiger partial charge is 0.410 e. The van der Waals surface area contributed by atoms with E-state index in [1.165, 1.54) is 44.9 Å². The Kier molecular flexibility index (Phi) is 20.1. The molecular weight excluding hydrogens is 879 g/mol. The summed E-state index contributed by atoms with van der Waals surface area (Å²) in [5.41, 5.74) is 3.21. The summed E-state index contributed by atoms with van der Waals surface area (Å²) in [6.45, 7) is 17.0. The van der Waals surface area contributed by atoms with Crippen molar-refractivity contribution in [3.05, 3.63) is 96.1 Å². The van der Waals surface area contributed by atoms with Crippen molar-refractivity contribution >= 4 is 22.6 Å². The number of ether oxygens (including phenoxy) is 4. The molecule has 384 valence electrons. The lowest BCUT2D eigenvalue weighted by molar-refractivity contribution is -0.256. The number of carbonyl (C=O) groups is 1. The SMILES string of the molecule is C=CCOC12Oc3ccc(OCCN4CC4)cc3C3C(CCCCO)C(CCCCO)C=C(C(=NOC(C)(C)C)CC1N(Cc1cccc4ccccc14)C(=O)OCCCCCCCCCCCC)C32. The maximum absolute atomic E-state index is 15.3. The largest absolute Gasteiger partial charge is 0.492 e. The van der Waals surface area contributed by atoms with Gasteiger partial charge in [0, 0.05) is 50.8 Å². The highest BCUT2D eigenvalue weighted by Crippen LogP contribution is 2.62. The third-order valence-electron chi connectivity index (χ3n) is 14.8. The number of carbonyl (C=O) groups excluding carboxylic acids is 1. The number of hydrogen-bond donors (Lipinski definition) is 2. The highest BCUT2D eigenvalue weighted by atomic mass is 16.7. The van der Waals surface area contributed by atoms with Crippen LogP contribution in [0.2, 0.25) is 0 Å². The molecule has 11 heteroatoms. The zero-order chi connectivity index (χ0) is 49.4. The number of amides is 1. The lowest BCUT2D eigenvalue weighted by Gasteiger charge is -2.60. The van der Waals surface area contributed by atoms with E-state index < -0.39 is 29.4 Å². The fourth-order valence-electron chi connectivity index (χ4n) is 11.3. The van der Waals surface area contributed by atoms with Crippen LogP contribution < -0.4 is 9.47 Å². The van der Waals surface area contributed by atoms with E-state index in [-0.39, 0.29) is 50.5 Å². The summed E-state index contributed by atoms with van der Waals surface area (Å²) in [4.78, 5) is 25.9. The third kappa shape index (κ3) is 14.0. The number of oxime groups is 1. The number of aliphatic hydroxyl groups excluding tert-OH is 2. The number of aliphatic hydroxyl groups is 2. The zero-order valence-corrected chi connectivity index (χ0v) is 43.1. The van der Waals surface area contributed by atoms with E-state index in [4.69, 9.17) is 28.9 Å². The molecule has 2 aliphatic heterocycles. The van der Waals surface area contributed by atoms with Crippen LogP contribution in [0.5, 0.6) is 11.5 Å². The zero-order valence-electron chi connectivity index (χ0n) is 43.1. The molecule has 6 unspecified atom stereocenters. The topological polar surface area (TPSA) is 122 Å². The summed E-state index contributed by atoms with van der Waals surface area (Å²) in [5.74, 6) is -0.307. The van der Waals surface area contributed by atoms with Gasteiger partial charge in [0.05, 0.1) is 31.4 Å². The van der Waals surface area contributed by atoms with Crippen LogP contribution in [0.4, 0.5) is 4.79 Å². The van der Waals surface area contributed by atoms with Gasteiger partial charge in [-0.05, 0) is 105 Å². The van der Waals surface area contributed by atoms with Gasteiger partial charge < -0.3 is 34.0 Å². The van der Waals surface area contributed by atoms with E-state index in [9.17, 15) is 10.2 Å². The quantitative estimate of drug-likeness (QED) is 0.0291. The third-order valence-corrected chi connectivity index (χ3v) is 14.8. The van der Waals surface area contributed by atoms with Crippen molar-refractivity contribution in [3.63, 3.8) is 0 Å². The van der Waals surface area contributed by atoms with Gasteiger partial charge in [-0.15, -0.1) is 6.58 Å². The van der Waals surface area contributed by atoms with Crippen molar-refractivity contribution in [2.75, 3.05) is 52.7 Å². The summed E-state index contributed by atoms with van der Waals surface area (Å²) in [7, 11) is 0. The normalized spacial score (nSPS) is 23.3. The van der Waals surface area contributed by atoms with E-state index in [0.717, 1.165) is 104 Å². The van der Waals surface area contributed by atoms with Crippen LogP contribution in [-0.4, -0.2) is 102 Å². The molecule has 1 saturated carbocycles. The van der Waals surface area contributed by atoms with Crippen molar-refractivity contribution < 1.29 is 38.8 Å². The van der Waals surface area contributed by atoms with Crippen molar-refractivity contribution in [3.8, 4) is 11.5 Å². The molecule has 0 spiro atoms.